The fourth-order valence-corrected chi connectivity index (χ4v) is 3.49. The minimum absolute atomic E-state index is 0.0259. The second-order valence-corrected chi connectivity index (χ2v) is 5.96. The van der Waals surface area contributed by atoms with Crippen molar-refractivity contribution in [2.75, 3.05) is 5.73 Å². The van der Waals surface area contributed by atoms with Gasteiger partial charge in [0, 0.05) is 6.07 Å². The summed E-state index contributed by atoms with van der Waals surface area (Å²) >= 11 is 2.46. The highest BCUT2D eigenvalue weighted by Gasteiger charge is 2.13. The standard InChI is InChI=1S/C12H7F2N3S2/c13-6-5-7(14)11(17-10(6)15)19-12-16-8-3-1-2-4-9(8)18-12/h1-5H,(H2,15,17). The van der Waals surface area contributed by atoms with Gasteiger partial charge in [0.2, 0.25) is 0 Å². The van der Waals surface area contributed by atoms with Crippen molar-refractivity contribution in [3.8, 4) is 0 Å². The molecule has 0 radical (unpaired) electrons. The Morgan fingerprint density at radius 2 is 1.89 bits per heavy atom. The molecule has 2 aromatic heterocycles. The van der Waals surface area contributed by atoms with Gasteiger partial charge < -0.3 is 5.73 Å². The first kappa shape index (κ1) is 12.3. The Labute approximate surface area is 115 Å². The fraction of sp³-hybridized carbons (Fsp3) is 0. The van der Waals surface area contributed by atoms with E-state index in [1.807, 2.05) is 24.3 Å². The number of para-hydroxylation sites is 1. The number of anilines is 1. The van der Waals surface area contributed by atoms with E-state index in [9.17, 15) is 8.78 Å². The van der Waals surface area contributed by atoms with E-state index < -0.39 is 11.6 Å². The lowest BCUT2D eigenvalue weighted by atomic mass is 10.3. The van der Waals surface area contributed by atoms with Gasteiger partial charge in [0.05, 0.1) is 10.2 Å². The van der Waals surface area contributed by atoms with Crippen molar-refractivity contribution < 1.29 is 8.78 Å². The minimum atomic E-state index is -0.855. The average molecular weight is 295 g/mol. The zero-order chi connectivity index (χ0) is 13.4. The summed E-state index contributed by atoms with van der Waals surface area (Å²) in [5, 5.41) is 0.0259. The van der Waals surface area contributed by atoms with E-state index in [1.165, 1.54) is 11.3 Å². The third kappa shape index (κ3) is 2.39. The molecule has 0 spiro atoms. The normalized spacial score (nSPS) is 11.1. The Morgan fingerprint density at radius 1 is 1.11 bits per heavy atom. The van der Waals surface area contributed by atoms with E-state index in [4.69, 9.17) is 5.73 Å². The summed E-state index contributed by atoms with van der Waals surface area (Å²) in [6.45, 7) is 0. The Balaban J connectivity index is 1.98. The van der Waals surface area contributed by atoms with Crippen LogP contribution in [0.3, 0.4) is 0 Å². The molecular weight excluding hydrogens is 288 g/mol. The minimum Gasteiger partial charge on any atom is -0.381 e. The van der Waals surface area contributed by atoms with E-state index in [0.29, 0.717) is 4.34 Å². The number of hydrogen-bond donors (Lipinski definition) is 1. The molecule has 0 aliphatic rings. The predicted molar refractivity (Wildman–Crippen MR) is 72.3 cm³/mol. The summed E-state index contributed by atoms with van der Waals surface area (Å²) in [7, 11) is 0. The molecule has 0 saturated carbocycles. The molecule has 0 amide bonds. The number of fused-ring (bicyclic) bond motifs is 1. The highest BCUT2D eigenvalue weighted by atomic mass is 32.2. The van der Waals surface area contributed by atoms with Crippen molar-refractivity contribution in [2.45, 2.75) is 9.37 Å². The molecule has 19 heavy (non-hydrogen) atoms. The summed E-state index contributed by atoms with van der Waals surface area (Å²) in [4.78, 5) is 8.04. The van der Waals surface area contributed by atoms with Crippen LogP contribution in [0.5, 0.6) is 0 Å². The summed E-state index contributed by atoms with van der Waals surface area (Å²) < 4.78 is 28.2. The molecule has 96 valence electrons. The Morgan fingerprint density at radius 3 is 2.68 bits per heavy atom. The zero-order valence-electron chi connectivity index (χ0n) is 9.43. The summed E-state index contributed by atoms with van der Waals surface area (Å²) in [5.74, 6) is -1.91. The van der Waals surface area contributed by atoms with Gasteiger partial charge in [0.15, 0.2) is 21.8 Å². The molecule has 0 fully saturated rings. The Kier molecular flexibility index (Phi) is 3.08. The van der Waals surface area contributed by atoms with Crippen molar-refractivity contribution in [3.63, 3.8) is 0 Å². The first-order valence-electron chi connectivity index (χ1n) is 5.28. The van der Waals surface area contributed by atoms with E-state index in [0.717, 1.165) is 28.0 Å². The molecule has 2 heterocycles. The third-order valence-electron chi connectivity index (χ3n) is 2.38. The summed E-state index contributed by atoms with van der Waals surface area (Å²) in [5.41, 5.74) is 6.17. The van der Waals surface area contributed by atoms with Crippen LogP contribution in [0.25, 0.3) is 10.2 Å². The van der Waals surface area contributed by atoms with Crippen molar-refractivity contribution in [1.82, 2.24) is 9.97 Å². The molecule has 3 nitrogen and oxygen atoms in total. The highest BCUT2D eigenvalue weighted by molar-refractivity contribution is 8.01. The van der Waals surface area contributed by atoms with E-state index in [1.54, 1.807) is 0 Å². The molecule has 0 saturated heterocycles. The Hall–Kier alpha value is -1.73. The van der Waals surface area contributed by atoms with Crippen LogP contribution in [0.4, 0.5) is 14.6 Å². The lowest BCUT2D eigenvalue weighted by Gasteiger charge is -2.01. The van der Waals surface area contributed by atoms with Crippen molar-refractivity contribution in [3.05, 3.63) is 42.0 Å². The maximum atomic E-state index is 13.6. The maximum Gasteiger partial charge on any atom is 0.168 e. The number of nitrogens with two attached hydrogens (primary N) is 1. The van der Waals surface area contributed by atoms with E-state index >= 15 is 0 Å². The molecule has 7 heteroatoms. The van der Waals surface area contributed by atoms with Gasteiger partial charge in [-0.15, -0.1) is 11.3 Å². The van der Waals surface area contributed by atoms with Gasteiger partial charge in [-0.3, -0.25) is 0 Å². The molecular formula is C12H7F2N3S2. The van der Waals surface area contributed by atoms with Crippen molar-refractivity contribution in [1.29, 1.82) is 0 Å². The lowest BCUT2D eigenvalue weighted by molar-refractivity contribution is 0.552. The number of benzene rings is 1. The lowest BCUT2D eigenvalue weighted by Crippen LogP contribution is -1.98. The van der Waals surface area contributed by atoms with Crippen molar-refractivity contribution in [2.24, 2.45) is 0 Å². The zero-order valence-corrected chi connectivity index (χ0v) is 11.1. The molecule has 3 rings (SSSR count). The SMILES string of the molecule is Nc1nc(Sc2nc3ccccc3s2)c(F)cc1F. The number of nitrogens with zero attached hydrogens (tertiary/aromatic N) is 2. The van der Waals surface area contributed by atoms with Crippen molar-refractivity contribution >= 4 is 39.1 Å². The van der Waals surface area contributed by atoms with Crippen LogP contribution in [-0.4, -0.2) is 9.97 Å². The second-order valence-electron chi connectivity index (χ2n) is 3.69. The Bertz CT molecular complexity index is 725. The number of hydrogen-bond acceptors (Lipinski definition) is 5. The quantitative estimate of drug-likeness (QED) is 0.783. The molecule has 0 aliphatic heterocycles. The number of halogens is 2. The highest BCUT2D eigenvalue weighted by Crippen LogP contribution is 2.35. The summed E-state index contributed by atoms with van der Waals surface area (Å²) in [6, 6.07) is 8.32. The van der Waals surface area contributed by atoms with Gasteiger partial charge in [-0.05, 0) is 23.9 Å². The first-order valence-corrected chi connectivity index (χ1v) is 6.92. The van der Waals surface area contributed by atoms with Gasteiger partial charge in [-0.2, -0.15) is 0 Å². The molecule has 3 aromatic rings. The molecule has 0 aliphatic carbocycles. The van der Waals surface area contributed by atoms with Crippen LogP contribution < -0.4 is 5.73 Å². The van der Waals surface area contributed by atoms with Gasteiger partial charge in [0.25, 0.3) is 0 Å². The number of nitrogen functional groups attached to an aromatic ring is 1. The number of aromatic nitrogens is 2. The molecule has 0 bridgehead atoms. The molecule has 0 atom stereocenters. The number of rotatable bonds is 2. The topological polar surface area (TPSA) is 51.8 Å². The van der Waals surface area contributed by atoms with Gasteiger partial charge in [-0.1, -0.05) is 12.1 Å². The smallest absolute Gasteiger partial charge is 0.168 e. The van der Waals surface area contributed by atoms with Crippen LogP contribution in [0.1, 0.15) is 0 Å². The van der Waals surface area contributed by atoms with Crippen LogP contribution in [-0.2, 0) is 0 Å². The third-order valence-corrected chi connectivity index (χ3v) is 4.46. The largest absolute Gasteiger partial charge is 0.381 e. The van der Waals surface area contributed by atoms with Gasteiger partial charge in [-0.25, -0.2) is 18.7 Å². The molecule has 0 unspecified atom stereocenters. The van der Waals surface area contributed by atoms with Crippen LogP contribution in [0.15, 0.2) is 39.7 Å². The van der Waals surface area contributed by atoms with Crippen LogP contribution >= 0.6 is 23.1 Å². The first-order chi connectivity index (χ1) is 9.13. The van der Waals surface area contributed by atoms with Gasteiger partial charge >= 0.3 is 0 Å². The van der Waals surface area contributed by atoms with E-state index in [2.05, 4.69) is 9.97 Å². The number of pyridine rings is 1. The maximum absolute atomic E-state index is 13.6. The van der Waals surface area contributed by atoms with E-state index in [-0.39, 0.29) is 10.8 Å². The average Bonchev–Trinajstić information content (AvgIpc) is 2.78. The number of thiazole rings is 1. The van der Waals surface area contributed by atoms with Gasteiger partial charge in [0.1, 0.15) is 5.03 Å². The summed E-state index contributed by atoms with van der Waals surface area (Å²) in [6.07, 6.45) is 0. The molecule has 2 N–H and O–H groups in total. The van der Waals surface area contributed by atoms with Crippen LogP contribution in [0, 0.1) is 11.6 Å². The predicted octanol–water partition coefficient (Wildman–Crippen LogP) is 3.70. The molecule has 1 aromatic carbocycles. The second kappa shape index (κ2) is 4.75. The fourth-order valence-electron chi connectivity index (χ4n) is 1.51. The van der Waals surface area contributed by atoms with Crippen LogP contribution in [0.2, 0.25) is 0 Å². The monoisotopic (exact) mass is 295 g/mol.